The van der Waals surface area contributed by atoms with Gasteiger partial charge in [-0.1, -0.05) is 54.6 Å². The predicted molar refractivity (Wildman–Crippen MR) is 127 cm³/mol. The van der Waals surface area contributed by atoms with Crippen LogP contribution in [0.2, 0.25) is 0 Å². The second-order valence-electron chi connectivity index (χ2n) is 7.12. The summed E-state index contributed by atoms with van der Waals surface area (Å²) in [6.07, 6.45) is 1.72. The number of carbonyl (C=O) groups is 2. The van der Waals surface area contributed by atoms with Gasteiger partial charge < -0.3 is 15.2 Å². The van der Waals surface area contributed by atoms with Gasteiger partial charge in [-0.25, -0.2) is 4.79 Å². The van der Waals surface area contributed by atoms with E-state index in [-0.39, 0.29) is 18.1 Å². The summed E-state index contributed by atoms with van der Waals surface area (Å²) in [5.74, 6) is -0.532. The number of nitrogens with one attached hydrogen (secondary N) is 1. The van der Waals surface area contributed by atoms with Gasteiger partial charge in [0.25, 0.3) is 5.91 Å². The fourth-order valence-corrected chi connectivity index (χ4v) is 3.91. The van der Waals surface area contributed by atoms with Crippen LogP contribution in [0.4, 0.5) is 0 Å². The van der Waals surface area contributed by atoms with Crippen molar-refractivity contribution in [2.24, 2.45) is 0 Å². The number of carbonyl (C=O) groups excluding carboxylic acids is 1. The Bertz CT molecular complexity index is 1260. The van der Waals surface area contributed by atoms with Gasteiger partial charge >= 0.3 is 5.97 Å². The quantitative estimate of drug-likeness (QED) is 0.359. The first-order chi connectivity index (χ1) is 15.6. The average Bonchev–Trinajstić information content (AvgIpc) is 3.34. The molecule has 3 aromatic carbocycles. The molecule has 0 radical (unpaired) electrons. The summed E-state index contributed by atoms with van der Waals surface area (Å²) in [5, 5.41) is 16.0. The highest BCUT2D eigenvalue weighted by Crippen LogP contribution is 2.25. The van der Waals surface area contributed by atoms with Crippen LogP contribution < -0.4 is 10.1 Å². The Morgan fingerprint density at radius 1 is 0.938 bits per heavy atom. The van der Waals surface area contributed by atoms with Gasteiger partial charge in [0.15, 0.2) is 0 Å². The van der Waals surface area contributed by atoms with Gasteiger partial charge in [-0.2, -0.15) is 0 Å². The fourth-order valence-electron chi connectivity index (χ4n) is 3.27. The molecule has 2 N–H and O–H groups in total. The van der Waals surface area contributed by atoms with Crippen molar-refractivity contribution in [1.82, 2.24) is 5.32 Å². The van der Waals surface area contributed by atoms with Crippen LogP contribution in [0.15, 0.2) is 89.8 Å². The van der Waals surface area contributed by atoms with E-state index in [1.165, 1.54) is 12.1 Å². The van der Waals surface area contributed by atoms with Crippen molar-refractivity contribution in [3.05, 3.63) is 106 Å². The standard InChI is InChI=1S/C26H21NO4S/c28-25(27-16-22-7-4-14-32-22)21(15-18-10-12-20(13-11-18)26(29)30)17-31-24-9-3-6-19-5-1-2-8-23(19)24/h1-15H,16-17H2,(H,27,28)(H,29,30)/b21-15+. The van der Waals surface area contributed by atoms with Gasteiger partial charge in [-0.15, -0.1) is 11.3 Å². The molecule has 0 aliphatic heterocycles. The number of hydrogen-bond acceptors (Lipinski definition) is 4. The van der Waals surface area contributed by atoms with Gasteiger partial charge in [0.2, 0.25) is 0 Å². The molecule has 0 aliphatic rings. The summed E-state index contributed by atoms with van der Waals surface area (Å²) >= 11 is 1.58. The molecule has 0 spiro atoms. The number of rotatable bonds is 8. The minimum absolute atomic E-state index is 0.0744. The minimum atomic E-state index is -0.992. The predicted octanol–water partition coefficient (Wildman–Crippen LogP) is 5.38. The number of benzene rings is 3. The average molecular weight is 444 g/mol. The molecular formula is C26H21NO4S. The first-order valence-electron chi connectivity index (χ1n) is 10.1. The Balaban J connectivity index is 1.57. The van der Waals surface area contributed by atoms with E-state index >= 15 is 0 Å². The Morgan fingerprint density at radius 2 is 1.72 bits per heavy atom. The number of carboxylic acid groups (broad SMARTS) is 1. The van der Waals surface area contributed by atoms with Crippen molar-refractivity contribution in [2.75, 3.05) is 6.61 Å². The maximum atomic E-state index is 13.0. The lowest BCUT2D eigenvalue weighted by atomic mass is 10.1. The zero-order valence-electron chi connectivity index (χ0n) is 17.2. The third-order valence-corrected chi connectivity index (χ3v) is 5.80. The Morgan fingerprint density at radius 3 is 2.47 bits per heavy atom. The van der Waals surface area contributed by atoms with E-state index < -0.39 is 5.97 Å². The highest BCUT2D eigenvalue weighted by Gasteiger charge is 2.13. The molecule has 0 saturated carbocycles. The lowest BCUT2D eigenvalue weighted by molar-refractivity contribution is -0.117. The first-order valence-corrected chi connectivity index (χ1v) is 10.9. The molecule has 4 aromatic rings. The molecule has 1 heterocycles. The topological polar surface area (TPSA) is 75.6 Å². The van der Waals surface area contributed by atoms with Gasteiger partial charge in [0.1, 0.15) is 12.4 Å². The van der Waals surface area contributed by atoms with Crippen LogP contribution in [0.3, 0.4) is 0 Å². The number of thiophene rings is 1. The lowest BCUT2D eigenvalue weighted by Gasteiger charge is -2.13. The highest BCUT2D eigenvalue weighted by molar-refractivity contribution is 7.09. The van der Waals surface area contributed by atoms with Gasteiger partial charge in [-0.05, 0) is 46.7 Å². The van der Waals surface area contributed by atoms with Gasteiger partial charge in [0, 0.05) is 10.3 Å². The number of carboxylic acids is 1. The maximum Gasteiger partial charge on any atom is 0.335 e. The first kappa shape index (κ1) is 21.3. The molecule has 0 atom stereocenters. The smallest absolute Gasteiger partial charge is 0.335 e. The third-order valence-electron chi connectivity index (χ3n) is 4.93. The summed E-state index contributed by atoms with van der Waals surface area (Å²) in [5.41, 5.74) is 1.35. The zero-order valence-corrected chi connectivity index (χ0v) is 18.0. The van der Waals surface area contributed by atoms with Crippen LogP contribution in [-0.2, 0) is 11.3 Å². The molecule has 0 unspecified atom stereocenters. The summed E-state index contributed by atoms with van der Waals surface area (Å²) < 4.78 is 6.05. The monoisotopic (exact) mass is 443 g/mol. The molecule has 0 fully saturated rings. The second-order valence-corrected chi connectivity index (χ2v) is 8.16. The Labute approximate surface area is 189 Å². The molecule has 0 aliphatic carbocycles. The lowest BCUT2D eigenvalue weighted by Crippen LogP contribution is -2.26. The maximum absolute atomic E-state index is 13.0. The largest absolute Gasteiger partial charge is 0.488 e. The molecule has 160 valence electrons. The van der Waals surface area contributed by atoms with Gasteiger partial charge in [0.05, 0.1) is 17.7 Å². The van der Waals surface area contributed by atoms with Crippen LogP contribution in [-0.4, -0.2) is 23.6 Å². The van der Waals surface area contributed by atoms with Crippen molar-refractivity contribution >= 4 is 40.1 Å². The van der Waals surface area contributed by atoms with E-state index in [4.69, 9.17) is 9.84 Å². The zero-order chi connectivity index (χ0) is 22.3. The number of hydrogen-bond donors (Lipinski definition) is 2. The SMILES string of the molecule is O=C(NCc1cccs1)/C(=C/c1ccc(C(=O)O)cc1)COc1cccc2ccccc12. The summed E-state index contributed by atoms with van der Waals surface area (Å²) in [7, 11) is 0. The summed E-state index contributed by atoms with van der Waals surface area (Å²) in [4.78, 5) is 25.1. The summed E-state index contributed by atoms with van der Waals surface area (Å²) in [6, 6.07) is 24.0. The van der Waals surface area contributed by atoms with E-state index in [1.54, 1.807) is 29.5 Å². The number of fused-ring (bicyclic) bond motifs is 1. The van der Waals surface area contributed by atoms with Crippen LogP contribution >= 0.6 is 11.3 Å². The van der Waals surface area contributed by atoms with Crippen molar-refractivity contribution in [3.63, 3.8) is 0 Å². The van der Waals surface area contributed by atoms with Crippen LogP contribution in [0.25, 0.3) is 16.8 Å². The highest BCUT2D eigenvalue weighted by atomic mass is 32.1. The molecule has 1 aromatic heterocycles. The van der Waals surface area contributed by atoms with E-state index in [1.807, 2.05) is 60.0 Å². The van der Waals surface area contributed by atoms with Gasteiger partial charge in [-0.3, -0.25) is 4.79 Å². The molecule has 32 heavy (non-hydrogen) atoms. The van der Waals surface area contributed by atoms with Crippen molar-refractivity contribution < 1.29 is 19.4 Å². The normalized spacial score (nSPS) is 11.3. The van der Waals surface area contributed by atoms with Crippen LogP contribution in [0.1, 0.15) is 20.8 Å². The fraction of sp³-hybridized carbons (Fsp3) is 0.0769. The van der Waals surface area contributed by atoms with E-state index in [0.717, 1.165) is 21.2 Å². The van der Waals surface area contributed by atoms with E-state index in [2.05, 4.69) is 5.32 Å². The van der Waals surface area contributed by atoms with Crippen LogP contribution in [0.5, 0.6) is 5.75 Å². The Hall–Kier alpha value is -3.90. The van der Waals surface area contributed by atoms with Crippen molar-refractivity contribution in [3.8, 4) is 5.75 Å². The Kier molecular flexibility index (Phi) is 6.63. The molecule has 1 amide bonds. The molecule has 5 nitrogen and oxygen atoms in total. The van der Waals surface area contributed by atoms with Crippen molar-refractivity contribution in [2.45, 2.75) is 6.54 Å². The van der Waals surface area contributed by atoms with Crippen LogP contribution in [0, 0.1) is 0 Å². The molecular weight excluding hydrogens is 422 g/mol. The second kappa shape index (κ2) is 9.94. The molecule has 0 saturated heterocycles. The summed E-state index contributed by atoms with van der Waals surface area (Å²) in [6.45, 7) is 0.505. The van der Waals surface area contributed by atoms with E-state index in [9.17, 15) is 9.59 Å². The number of ether oxygens (including phenoxy) is 1. The third kappa shape index (κ3) is 5.22. The van der Waals surface area contributed by atoms with Crippen molar-refractivity contribution in [1.29, 1.82) is 0 Å². The van der Waals surface area contributed by atoms with E-state index in [0.29, 0.717) is 17.9 Å². The molecule has 4 rings (SSSR count). The molecule has 0 bridgehead atoms. The minimum Gasteiger partial charge on any atom is -0.488 e. The molecule has 6 heteroatoms. The number of amides is 1. The number of aromatic carboxylic acids is 1.